The molecule has 22 N–H and O–H groups in total. The number of aliphatic hydroxyl groups excluding tert-OH is 18. The molecule has 12 unspecified atom stereocenters. The van der Waals surface area contributed by atoms with E-state index < -0.39 is 272 Å². The minimum Gasteiger partial charge on any atom is -0.394 e. The number of thioether (sulfide) groups is 2. The number of carbonyl (C=O) groups is 4. The van der Waals surface area contributed by atoms with Crippen LogP contribution in [0.2, 0.25) is 0 Å². The molecule has 12 bridgehead atoms. The Labute approximate surface area is 718 Å². The first-order valence-electron chi connectivity index (χ1n) is 38.8. The van der Waals surface area contributed by atoms with Crippen LogP contribution >= 0.6 is 66.7 Å². The lowest BCUT2D eigenvalue weighted by Crippen LogP contribution is -2.69. The van der Waals surface area contributed by atoms with Crippen molar-refractivity contribution in [1.82, 2.24) is 25.9 Å². The summed E-state index contributed by atoms with van der Waals surface area (Å²) in [7, 11) is 6.85. The number of likely N-dealkylation sites (N-methyl/N-ethyl adjacent to an activating group) is 1. The van der Waals surface area contributed by atoms with Crippen LogP contribution in [0.25, 0.3) is 0 Å². The first-order valence-corrected chi connectivity index (χ1v) is 45.7. The van der Waals surface area contributed by atoms with Crippen LogP contribution in [0, 0.1) is 5.92 Å². The van der Waals surface area contributed by atoms with Crippen LogP contribution < -0.4 is 16.0 Å². The Hall–Kier alpha value is -2.76. The standard InChI is InChI=1S/C71H111N5O39S6/c1-32(81)9-15-100-18-19-101-16-10-34(82)21-33(62(97)75-13-20-118-120-42-7-3-5-11-73-42)26-116-28-40-59-45(85)50(90)65(108-40)103-25-36(83)44(84)64(102-17-14-77)110-56-37(22-78)105-68(51(91)46(56)86)114-60-41(29-117-27-35(72-2)63(98)76-31-119-121-43-8-4-6-12-74-43)109-69(53(93)48(60)88)112-58-39(24-80)107-70(54(94)49(58)89)115-71(99)30-104-66(55(95)61(71)96)111-57-38(23-79)106-67(113-59)52(92)47(57)87/h3-8,11-12,33,35-41,44-61,64-70,72,77-80,83-96,99H,9-10,13-31H2,1-2H3,(H,75,97)(H,76,98)/t33-,35-,36+,37?,38?,39?,40?,41?,44?,45-,46-,47-,48-,49-,50?,51?,52?,53?,54?,55?,56-,57-,58-,59-,60-,61-,64-,65+,66-,67-,68-,69-,70-,71-/m1/s1. The highest BCUT2D eigenvalue weighted by molar-refractivity contribution is 8.77. The van der Waals surface area contributed by atoms with Gasteiger partial charge in [-0.3, -0.25) is 19.2 Å². The maximum absolute atomic E-state index is 14.1. The van der Waals surface area contributed by atoms with Gasteiger partial charge < -0.3 is 189 Å². The smallest absolute Gasteiger partial charge is 0.238 e. The van der Waals surface area contributed by atoms with Crippen molar-refractivity contribution in [3.8, 4) is 0 Å². The minimum atomic E-state index is -3.14. The Morgan fingerprint density at radius 1 is 0.512 bits per heavy atom. The van der Waals surface area contributed by atoms with Crippen LogP contribution in [0.15, 0.2) is 58.8 Å². The predicted octanol–water partition coefficient (Wildman–Crippen LogP) is -9.11. The lowest BCUT2D eigenvalue weighted by atomic mass is 9.95. The molecule has 0 aliphatic carbocycles. The number of hydrogen-bond donors (Lipinski definition) is 22. The molecule has 17 aliphatic rings. The number of fused-ring (bicyclic) bond motifs is 1. The zero-order valence-corrected chi connectivity index (χ0v) is 70.4. The quantitative estimate of drug-likeness (QED) is 0.0170. The molecule has 44 nitrogen and oxygen atoms in total. The third-order valence-electron chi connectivity index (χ3n) is 20.0. The van der Waals surface area contributed by atoms with E-state index in [2.05, 4.69) is 25.9 Å². The van der Waals surface area contributed by atoms with Crippen LogP contribution in [-0.4, -0.2) is 454 Å². The first kappa shape index (κ1) is 102. The molecule has 2 aromatic rings. The summed E-state index contributed by atoms with van der Waals surface area (Å²) in [6, 6.07) is 9.77. The van der Waals surface area contributed by atoms with Gasteiger partial charge in [-0.15, -0.1) is 0 Å². The fraction of sp³-hybridized carbons (Fsp3) is 0.803. The second kappa shape index (κ2) is 51.0. The van der Waals surface area contributed by atoms with E-state index in [1.807, 2.05) is 6.07 Å². The van der Waals surface area contributed by atoms with Gasteiger partial charge in [-0.05, 0) is 59.8 Å². The Bertz CT molecular complexity index is 3370. The molecule has 34 atom stereocenters. The number of Topliss-reactive ketones (excluding diaryl/α,β-unsaturated/α-hetero) is 2. The van der Waals surface area contributed by atoms with E-state index in [4.69, 9.17) is 75.8 Å². The number of carbonyl (C=O) groups excluding carboxylic acids is 4. The summed E-state index contributed by atoms with van der Waals surface area (Å²) in [6.07, 6.45) is -62.4. The molecule has 690 valence electrons. The van der Waals surface area contributed by atoms with Gasteiger partial charge in [0, 0.05) is 67.0 Å². The van der Waals surface area contributed by atoms with Crippen LogP contribution in [0.1, 0.15) is 26.2 Å². The maximum Gasteiger partial charge on any atom is 0.238 e. The topological polar surface area (TPSA) is 662 Å². The van der Waals surface area contributed by atoms with E-state index >= 15 is 0 Å². The van der Waals surface area contributed by atoms with Crippen molar-refractivity contribution >= 4 is 90.1 Å². The Kier molecular flexibility index (Phi) is 43.0. The molecule has 0 saturated carbocycles. The predicted molar refractivity (Wildman–Crippen MR) is 420 cm³/mol. The third-order valence-corrected chi connectivity index (χ3v) is 26.7. The van der Waals surface area contributed by atoms with E-state index in [1.54, 1.807) is 42.7 Å². The molecule has 121 heavy (non-hydrogen) atoms. The molecule has 2 amide bonds. The number of rotatable bonds is 37. The first-order chi connectivity index (χ1) is 58.0. The Morgan fingerprint density at radius 2 is 0.983 bits per heavy atom. The minimum absolute atomic E-state index is 0.0423. The van der Waals surface area contributed by atoms with E-state index in [9.17, 15) is 116 Å². The fourth-order valence-electron chi connectivity index (χ4n) is 13.3. The molecule has 50 heteroatoms. The van der Waals surface area contributed by atoms with Gasteiger partial charge in [-0.25, -0.2) is 9.97 Å². The van der Waals surface area contributed by atoms with Gasteiger partial charge >= 0.3 is 0 Å². The Morgan fingerprint density at radius 3 is 1.50 bits per heavy atom. The lowest BCUT2D eigenvalue weighted by Gasteiger charge is -2.50. The second-order valence-electron chi connectivity index (χ2n) is 28.8. The van der Waals surface area contributed by atoms with Gasteiger partial charge in [0.25, 0.3) is 0 Å². The number of pyridine rings is 2. The van der Waals surface area contributed by atoms with E-state index in [-0.39, 0.29) is 86.9 Å². The maximum atomic E-state index is 14.1. The fourth-order valence-corrected chi connectivity index (χ4v) is 19.1. The van der Waals surface area contributed by atoms with Crippen molar-refractivity contribution in [2.75, 3.05) is 121 Å². The van der Waals surface area contributed by atoms with Crippen molar-refractivity contribution in [2.24, 2.45) is 5.92 Å². The SMILES string of the molecule is CN[C@H](CSCC1O[C@@H]2O[C@@H]3C(CO)O[C@H](O[C@]4(O)CO[C@H](O[C@@H]5C(CO)O[C@H](O[C@@H]6C(CSC[C@@H](CC(=O)CCOCCOCCC(C)=O)C(=O)NCCSSc7ccccn7)O[C@H](OC[C@H](O)C(O)[C@H](OCCO)O[C@@H]7C(CO)O[C@H](O[C@H]1[C@H](O)C2O)C(O)[C@H]7O)C(O)[C@H]6O)C(O)[C@H]5O)C(O)[C@H]4O)C(O)[C@H]3O)C(=O)NCSSc1ccccn1. The van der Waals surface area contributed by atoms with Crippen LogP contribution in [0.3, 0.4) is 0 Å². The summed E-state index contributed by atoms with van der Waals surface area (Å²) < 4.78 is 93.7. The average molecular weight is 1850 g/mol. The number of aliphatic hydroxyl groups is 19. The molecule has 17 saturated heterocycles. The molecule has 0 spiro atoms. The van der Waals surface area contributed by atoms with Crippen molar-refractivity contribution in [3.05, 3.63) is 48.8 Å². The summed E-state index contributed by atoms with van der Waals surface area (Å²) in [5, 5.41) is 229. The number of nitrogens with one attached hydrogen (secondary N) is 3. The number of nitrogens with zero attached hydrogens (tertiary/aromatic N) is 2. The van der Waals surface area contributed by atoms with Gasteiger partial charge in [0.15, 0.2) is 44.0 Å². The van der Waals surface area contributed by atoms with Gasteiger partial charge in [0.1, 0.15) is 163 Å². The van der Waals surface area contributed by atoms with Crippen molar-refractivity contribution < 1.29 is 192 Å². The van der Waals surface area contributed by atoms with Crippen molar-refractivity contribution in [1.29, 1.82) is 0 Å². The van der Waals surface area contributed by atoms with Gasteiger partial charge in [-0.1, -0.05) is 33.7 Å². The van der Waals surface area contributed by atoms with E-state index in [1.165, 1.54) is 57.1 Å². The summed E-state index contributed by atoms with van der Waals surface area (Å²) in [4.78, 5) is 61.1. The van der Waals surface area contributed by atoms with Crippen molar-refractivity contribution in [2.45, 2.75) is 239 Å². The van der Waals surface area contributed by atoms with Gasteiger partial charge in [-0.2, -0.15) is 23.5 Å². The molecule has 19 rings (SSSR count). The normalized spacial score (nSPS) is 38.3. The number of amides is 2. The molecular weight excluding hydrogens is 1740 g/mol. The summed E-state index contributed by atoms with van der Waals surface area (Å²) in [6.45, 7) is -5.15. The number of ether oxygens (including phenoxy) is 16. The Balaban J connectivity index is 0.975. The molecule has 17 fully saturated rings. The number of ketones is 2. The van der Waals surface area contributed by atoms with Crippen molar-refractivity contribution in [3.63, 3.8) is 0 Å². The summed E-state index contributed by atoms with van der Waals surface area (Å²) in [5.74, 6) is -6.05. The molecule has 2 aromatic heterocycles. The average Bonchev–Trinajstić information content (AvgIpc) is 0.795. The third kappa shape index (κ3) is 28.6. The zero-order valence-electron chi connectivity index (χ0n) is 65.5. The molecular formula is C71H111N5O39S6. The molecule has 17 aliphatic heterocycles. The number of aromatic nitrogens is 2. The van der Waals surface area contributed by atoms with Crippen LogP contribution in [0.4, 0.5) is 0 Å². The van der Waals surface area contributed by atoms with Crippen LogP contribution in [-0.2, 0) is 95.0 Å². The molecule has 19 heterocycles. The van der Waals surface area contributed by atoms with Crippen LogP contribution in [0.5, 0.6) is 0 Å². The van der Waals surface area contributed by atoms with E-state index in [0.29, 0.717) is 15.8 Å². The molecule has 0 aromatic carbocycles. The van der Waals surface area contributed by atoms with Gasteiger partial charge in [0.2, 0.25) is 17.6 Å². The highest BCUT2D eigenvalue weighted by Gasteiger charge is 2.60. The largest absolute Gasteiger partial charge is 0.394 e. The molecule has 0 radical (unpaired) electrons. The monoisotopic (exact) mass is 1850 g/mol. The summed E-state index contributed by atoms with van der Waals surface area (Å²) in [5.41, 5.74) is 0. The zero-order chi connectivity index (χ0) is 87.6. The highest BCUT2D eigenvalue weighted by atomic mass is 33.1. The number of hydrogen-bond acceptors (Lipinski definition) is 48. The summed E-state index contributed by atoms with van der Waals surface area (Å²) >= 11 is 1.95. The second-order valence-corrected chi connectivity index (χ2v) is 35.7. The lowest BCUT2D eigenvalue weighted by molar-refractivity contribution is -0.432. The highest BCUT2D eigenvalue weighted by Crippen LogP contribution is 2.40. The van der Waals surface area contributed by atoms with Gasteiger partial charge in [0.05, 0.1) is 96.1 Å². The van der Waals surface area contributed by atoms with E-state index in [0.717, 1.165) is 23.5 Å².